The van der Waals surface area contributed by atoms with Gasteiger partial charge in [-0.2, -0.15) is 0 Å². The Bertz CT molecular complexity index is 513. The van der Waals surface area contributed by atoms with Crippen molar-refractivity contribution in [2.75, 3.05) is 5.73 Å². The van der Waals surface area contributed by atoms with E-state index in [2.05, 4.69) is 30.9 Å². The van der Waals surface area contributed by atoms with Crippen LogP contribution in [0.25, 0.3) is 11.5 Å². The number of halogens is 1. The van der Waals surface area contributed by atoms with Crippen LogP contribution in [-0.2, 0) is 6.42 Å². The van der Waals surface area contributed by atoms with E-state index in [4.69, 9.17) is 5.73 Å². The van der Waals surface area contributed by atoms with Gasteiger partial charge in [-0.3, -0.25) is 4.98 Å². The lowest BCUT2D eigenvalue weighted by atomic mass is 10.3. The minimum atomic E-state index is 0.472. The van der Waals surface area contributed by atoms with Crippen molar-refractivity contribution in [2.45, 2.75) is 13.3 Å². The first-order chi connectivity index (χ1) is 7.70. The second-order valence-corrected chi connectivity index (χ2v) is 4.15. The highest BCUT2D eigenvalue weighted by Gasteiger charge is 2.08. The van der Waals surface area contributed by atoms with Gasteiger partial charge in [0.15, 0.2) is 5.82 Å². The van der Waals surface area contributed by atoms with Crippen molar-refractivity contribution in [1.82, 2.24) is 15.0 Å². The fourth-order valence-electron chi connectivity index (χ4n) is 1.36. The molecular formula is C11H11BrN4. The summed E-state index contributed by atoms with van der Waals surface area (Å²) in [6.07, 6.45) is 2.53. The average molecular weight is 279 g/mol. The topological polar surface area (TPSA) is 64.7 Å². The number of hydrogen-bond donors (Lipinski definition) is 1. The zero-order valence-electron chi connectivity index (χ0n) is 8.81. The van der Waals surface area contributed by atoms with Crippen LogP contribution in [0.15, 0.2) is 28.9 Å². The predicted molar refractivity (Wildman–Crippen MR) is 66.8 cm³/mol. The van der Waals surface area contributed by atoms with Crippen LogP contribution in [0.2, 0.25) is 0 Å². The van der Waals surface area contributed by atoms with E-state index in [0.29, 0.717) is 17.3 Å². The highest BCUT2D eigenvalue weighted by Crippen LogP contribution is 2.23. The molecule has 0 unspecified atom stereocenters. The Balaban J connectivity index is 2.56. The van der Waals surface area contributed by atoms with Crippen LogP contribution < -0.4 is 5.73 Å². The zero-order valence-corrected chi connectivity index (χ0v) is 10.4. The Morgan fingerprint density at radius 2 is 2.19 bits per heavy atom. The van der Waals surface area contributed by atoms with Gasteiger partial charge in [-0.1, -0.05) is 6.92 Å². The van der Waals surface area contributed by atoms with Crippen LogP contribution in [0.5, 0.6) is 0 Å². The van der Waals surface area contributed by atoms with Crippen LogP contribution in [0.4, 0.5) is 5.82 Å². The molecule has 0 aliphatic carbocycles. The van der Waals surface area contributed by atoms with Crippen LogP contribution in [0.3, 0.4) is 0 Å². The van der Waals surface area contributed by atoms with Gasteiger partial charge in [0.2, 0.25) is 0 Å². The summed E-state index contributed by atoms with van der Waals surface area (Å²) < 4.78 is 0.864. The molecule has 2 N–H and O–H groups in total. The van der Waals surface area contributed by atoms with Crippen LogP contribution in [-0.4, -0.2) is 15.0 Å². The second kappa shape index (κ2) is 4.57. The molecular weight excluding hydrogens is 268 g/mol. The molecule has 0 bridgehead atoms. The monoisotopic (exact) mass is 278 g/mol. The summed E-state index contributed by atoms with van der Waals surface area (Å²) >= 11 is 3.42. The van der Waals surface area contributed by atoms with Crippen molar-refractivity contribution in [1.29, 1.82) is 0 Å². The number of aryl methyl sites for hydroxylation is 1. The van der Waals surface area contributed by atoms with E-state index in [1.165, 1.54) is 0 Å². The maximum Gasteiger partial charge on any atom is 0.181 e. The average Bonchev–Trinajstić information content (AvgIpc) is 2.28. The Hall–Kier alpha value is -1.49. The first-order valence-corrected chi connectivity index (χ1v) is 5.74. The molecule has 0 amide bonds. The number of anilines is 1. The van der Waals surface area contributed by atoms with Crippen molar-refractivity contribution in [3.8, 4) is 11.5 Å². The van der Waals surface area contributed by atoms with Gasteiger partial charge in [0.1, 0.15) is 11.5 Å². The number of nitrogens with zero attached hydrogens (tertiary/aromatic N) is 3. The van der Waals surface area contributed by atoms with E-state index in [9.17, 15) is 0 Å². The third kappa shape index (κ3) is 2.19. The summed E-state index contributed by atoms with van der Waals surface area (Å²) in [6.45, 7) is 2.03. The zero-order chi connectivity index (χ0) is 11.5. The predicted octanol–water partition coefficient (Wildman–Crippen LogP) is 2.45. The van der Waals surface area contributed by atoms with E-state index in [0.717, 1.165) is 16.6 Å². The number of nitrogens with two attached hydrogens (primary N) is 1. The highest BCUT2D eigenvalue weighted by atomic mass is 79.9. The van der Waals surface area contributed by atoms with Crippen molar-refractivity contribution < 1.29 is 0 Å². The summed E-state index contributed by atoms with van der Waals surface area (Å²) in [5, 5.41) is 0. The molecule has 2 heterocycles. The van der Waals surface area contributed by atoms with Crippen molar-refractivity contribution in [3.05, 3.63) is 34.6 Å². The molecule has 0 atom stereocenters. The van der Waals surface area contributed by atoms with E-state index >= 15 is 0 Å². The van der Waals surface area contributed by atoms with E-state index in [1.807, 2.05) is 19.1 Å². The van der Waals surface area contributed by atoms with Gasteiger partial charge >= 0.3 is 0 Å². The maximum absolute atomic E-state index is 5.73. The van der Waals surface area contributed by atoms with E-state index < -0.39 is 0 Å². The molecule has 0 radical (unpaired) electrons. The van der Waals surface area contributed by atoms with Gasteiger partial charge in [-0.25, -0.2) is 9.97 Å². The van der Waals surface area contributed by atoms with Gasteiger partial charge in [0, 0.05) is 22.4 Å². The van der Waals surface area contributed by atoms with Gasteiger partial charge in [-0.05, 0) is 34.5 Å². The van der Waals surface area contributed by atoms with Crippen molar-refractivity contribution in [2.24, 2.45) is 0 Å². The molecule has 4 nitrogen and oxygen atoms in total. The van der Waals surface area contributed by atoms with Crippen molar-refractivity contribution >= 4 is 21.7 Å². The molecule has 82 valence electrons. The molecule has 16 heavy (non-hydrogen) atoms. The minimum Gasteiger partial charge on any atom is -0.384 e. The van der Waals surface area contributed by atoms with E-state index in [-0.39, 0.29) is 0 Å². The number of aromatic nitrogens is 3. The SMILES string of the molecule is CCc1cc(N)nc(-c2ncccc2Br)n1. The van der Waals surface area contributed by atoms with Gasteiger partial charge in [-0.15, -0.1) is 0 Å². The Morgan fingerprint density at radius 3 is 2.88 bits per heavy atom. The molecule has 0 aliphatic heterocycles. The molecule has 2 aromatic heterocycles. The lowest BCUT2D eigenvalue weighted by molar-refractivity contribution is 1.00. The van der Waals surface area contributed by atoms with E-state index in [1.54, 1.807) is 12.3 Å². The number of nitrogen functional groups attached to an aromatic ring is 1. The largest absolute Gasteiger partial charge is 0.384 e. The third-order valence-corrected chi connectivity index (χ3v) is 2.77. The Kier molecular flexibility index (Phi) is 3.14. The molecule has 0 aliphatic rings. The lowest BCUT2D eigenvalue weighted by Crippen LogP contribution is -2.01. The molecule has 0 spiro atoms. The molecule has 0 saturated heterocycles. The van der Waals surface area contributed by atoms with Gasteiger partial charge < -0.3 is 5.73 Å². The standard InChI is InChI=1S/C11H11BrN4/c1-2-7-6-9(13)16-11(15-7)10-8(12)4-3-5-14-10/h3-6H,2H2,1H3,(H2,13,15,16). The quantitative estimate of drug-likeness (QED) is 0.917. The van der Waals surface area contributed by atoms with Crippen LogP contribution in [0.1, 0.15) is 12.6 Å². The van der Waals surface area contributed by atoms with Crippen LogP contribution >= 0.6 is 15.9 Å². The van der Waals surface area contributed by atoms with Gasteiger partial charge in [0.05, 0.1) is 0 Å². The smallest absolute Gasteiger partial charge is 0.181 e. The first-order valence-electron chi connectivity index (χ1n) is 4.95. The van der Waals surface area contributed by atoms with Gasteiger partial charge in [0.25, 0.3) is 0 Å². The fourth-order valence-corrected chi connectivity index (χ4v) is 1.79. The summed E-state index contributed by atoms with van der Waals surface area (Å²) in [6, 6.07) is 5.53. The highest BCUT2D eigenvalue weighted by molar-refractivity contribution is 9.10. The summed E-state index contributed by atoms with van der Waals surface area (Å²) in [4.78, 5) is 12.8. The normalized spacial score (nSPS) is 10.4. The van der Waals surface area contributed by atoms with Crippen molar-refractivity contribution in [3.63, 3.8) is 0 Å². The molecule has 2 rings (SSSR count). The Labute approximate surface area is 102 Å². The first kappa shape index (κ1) is 11.0. The number of pyridine rings is 1. The molecule has 0 fully saturated rings. The molecule has 5 heteroatoms. The summed E-state index contributed by atoms with van der Waals surface area (Å²) in [5.74, 6) is 1.03. The fraction of sp³-hybridized carbons (Fsp3) is 0.182. The minimum absolute atomic E-state index is 0.472. The summed E-state index contributed by atoms with van der Waals surface area (Å²) in [5.41, 5.74) is 7.36. The Morgan fingerprint density at radius 1 is 1.38 bits per heavy atom. The third-order valence-electron chi connectivity index (χ3n) is 2.13. The number of rotatable bonds is 2. The summed E-state index contributed by atoms with van der Waals surface area (Å²) in [7, 11) is 0. The van der Waals surface area contributed by atoms with Crippen LogP contribution in [0, 0.1) is 0 Å². The molecule has 2 aromatic rings. The molecule has 0 aromatic carbocycles. The second-order valence-electron chi connectivity index (χ2n) is 3.30. The molecule has 0 saturated carbocycles. The number of hydrogen-bond acceptors (Lipinski definition) is 4. The maximum atomic E-state index is 5.73. The lowest BCUT2D eigenvalue weighted by Gasteiger charge is -2.04.